The first kappa shape index (κ1) is 24.4. The van der Waals surface area contributed by atoms with Crippen molar-refractivity contribution in [1.82, 2.24) is 10.7 Å². The highest BCUT2D eigenvalue weighted by molar-refractivity contribution is 6.35. The zero-order chi connectivity index (χ0) is 23.7. The molecule has 170 valence electrons. The van der Waals surface area contributed by atoms with Crippen LogP contribution in [-0.2, 0) is 14.4 Å². The van der Waals surface area contributed by atoms with Crippen LogP contribution in [0.4, 0.5) is 5.69 Å². The molecule has 3 N–H and O–H groups in total. The summed E-state index contributed by atoms with van der Waals surface area (Å²) in [6.07, 6.45) is 1.36. The number of benzene rings is 2. The maximum absolute atomic E-state index is 12.4. The van der Waals surface area contributed by atoms with Crippen LogP contribution in [0.5, 0.6) is 11.5 Å². The fourth-order valence-electron chi connectivity index (χ4n) is 3.04. The average Bonchev–Trinajstić information content (AvgIpc) is 2.75. The van der Waals surface area contributed by atoms with Crippen LogP contribution in [0.1, 0.15) is 29.2 Å². The second kappa shape index (κ2) is 11.5. The van der Waals surface area contributed by atoms with Crippen LogP contribution >= 0.6 is 0 Å². The number of likely N-dealkylation sites (N-methyl/N-ethyl adjacent to an activating group) is 1. The molecule has 0 saturated carbocycles. The first-order valence-corrected chi connectivity index (χ1v) is 10.0. The molecule has 2 rings (SSSR count). The standard InChI is InChI=1S/C23H28N4O5/c1-6-24-22(29)23(30)27-25-12-17-7-8-18(19(11-17)31-5)32-13-20(28)26-21-15(3)9-14(2)10-16(21)4/h7-12H,6,13H2,1-5H3,(H,24,29)(H,26,28)(H,27,30)/b25-12-. The van der Waals surface area contributed by atoms with Gasteiger partial charge in [0.2, 0.25) is 0 Å². The van der Waals surface area contributed by atoms with Gasteiger partial charge in [-0.1, -0.05) is 17.7 Å². The summed E-state index contributed by atoms with van der Waals surface area (Å²) >= 11 is 0. The predicted octanol–water partition coefficient (Wildman–Crippen LogP) is 2.22. The lowest BCUT2D eigenvalue weighted by Gasteiger charge is -2.14. The van der Waals surface area contributed by atoms with Gasteiger partial charge in [-0.2, -0.15) is 5.10 Å². The SMILES string of the molecule is CCNC(=O)C(=O)N/N=C\c1ccc(OCC(=O)Nc2c(C)cc(C)cc2C)c(OC)c1. The van der Waals surface area contributed by atoms with Crippen molar-refractivity contribution in [2.75, 3.05) is 25.6 Å². The molecule has 9 nitrogen and oxygen atoms in total. The van der Waals surface area contributed by atoms with E-state index in [1.165, 1.54) is 13.3 Å². The highest BCUT2D eigenvalue weighted by Crippen LogP contribution is 2.28. The van der Waals surface area contributed by atoms with Crippen LogP contribution in [0.3, 0.4) is 0 Å². The summed E-state index contributed by atoms with van der Waals surface area (Å²) in [5.74, 6) is -1.15. The Morgan fingerprint density at radius 1 is 1.00 bits per heavy atom. The minimum Gasteiger partial charge on any atom is -0.493 e. The number of hydrogen-bond donors (Lipinski definition) is 3. The molecule has 2 aromatic carbocycles. The minimum absolute atomic E-state index is 0.195. The van der Waals surface area contributed by atoms with E-state index in [4.69, 9.17) is 9.47 Å². The van der Waals surface area contributed by atoms with Gasteiger partial charge in [-0.05, 0) is 62.6 Å². The van der Waals surface area contributed by atoms with E-state index in [1.54, 1.807) is 25.1 Å². The molecule has 2 aromatic rings. The van der Waals surface area contributed by atoms with E-state index in [0.717, 1.165) is 22.4 Å². The number of hydrogen-bond acceptors (Lipinski definition) is 6. The Kier molecular flexibility index (Phi) is 8.76. The predicted molar refractivity (Wildman–Crippen MR) is 122 cm³/mol. The second-order valence-corrected chi connectivity index (χ2v) is 7.08. The average molecular weight is 441 g/mol. The van der Waals surface area contributed by atoms with Gasteiger partial charge in [0.15, 0.2) is 18.1 Å². The molecule has 9 heteroatoms. The van der Waals surface area contributed by atoms with Gasteiger partial charge in [0.1, 0.15) is 0 Å². The summed E-state index contributed by atoms with van der Waals surface area (Å²) in [5, 5.41) is 9.00. The maximum atomic E-state index is 12.4. The first-order chi connectivity index (χ1) is 15.2. The number of nitrogens with one attached hydrogen (secondary N) is 3. The quantitative estimate of drug-likeness (QED) is 0.330. The third-order valence-corrected chi connectivity index (χ3v) is 4.41. The van der Waals surface area contributed by atoms with Crippen molar-refractivity contribution in [3.63, 3.8) is 0 Å². The Morgan fingerprint density at radius 2 is 1.69 bits per heavy atom. The van der Waals surface area contributed by atoms with Gasteiger partial charge >= 0.3 is 11.8 Å². The number of carbonyl (C=O) groups is 3. The Balaban J connectivity index is 1.98. The topological polar surface area (TPSA) is 118 Å². The molecule has 0 bridgehead atoms. The highest BCUT2D eigenvalue weighted by atomic mass is 16.5. The molecule has 0 unspecified atom stereocenters. The summed E-state index contributed by atoms with van der Waals surface area (Å²) in [6, 6.07) is 8.94. The van der Waals surface area contributed by atoms with Crippen molar-refractivity contribution in [3.05, 3.63) is 52.6 Å². The van der Waals surface area contributed by atoms with Gasteiger partial charge in [0.25, 0.3) is 5.91 Å². The highest BCUT2D eigenvalue weighted by Gasteiger charge is 2.12. The van der Waals surface area contributed by atoms with Gasteiger partial charge in [-0.3, -0.25) is 14.4 Å². The summed E-state index contributed by atoms with van der Waals surface area (Å²) in [5.41, 5.74) is 6.61. The summed E-state index contributed by atoms with van der Waals surface area (Å²) in [6.45, 7) is 7.75. The molecule has 0 saturated heterocycles. The fourth-order valence-corrected chi connectivity index (χ4v) is 3.04. The van der Waals surface area contributed by atoms with Crippen molar-refractivity contribution in [2.24, 2.45) is 5.10 Å². The molecule has 3 amide bonds. The molecular weight excluding hydrogens is 412 g/mol. The number of aryl methyl sites for hydroxylation is 3. The lowest BCUT2D eigenvalue weighted by molar-refractivity contribution is -0.139. The van der Waals surface area contributed by atoms with Gasteiger partial charge < -0.3 is 20.1 Å². The van der Waals surface area contributed by atoms with Crippen LogP contribution in [0.2, 0.25) is 0 Å². The van der Waals surface area contributed by atoms with E-state index in [1.807, 2.05) is 32.9 Å². The molecule has 0 aliphatic heterocycles. The van der Waals surface area contributed by atoms with Crippen molar-refractivity contribution < 1.29 is 23.9 Å². The van der Waals surface area contributed by atoms with Gasteiger partial charge in [0, 0.05) is 12.2 Å². The monoisotopic (exact) mass is 440 g/mol. The molecule has 0 atom stereocenters. The molecule has 0 aliphatic carbocycles. The van der Waals surface area contributed by atoms with Crippen molar-refractivity contribution in [3.8, 4) is 11.5 Å². The van der Waals surface area contributed by atoms with Gasteiger partial charge in [-0.15, -0.1) is 0 Å². The van der Waals surface area contributed by atoms with E-state index in [9.17, 15) is 14.4 Å². The number of ether oxygens (including phenoxy) is 2. The van der Waals surface area contributed by atoms with Gasteiger partial charge in [0.05, 0.1) is 13.3 Å². The van der Waals surface area contributed by atoms with Crippen molar-refractivity contribution >= 4 is 29.6 Å². The van der Waals surface area contributed by atoms with Gasteiger partial charge in [-0.25, -0.2) is 5.43 Å². The molecule has 0 aliphatic rings. The lowest BCUT2D eigenvalue weighted by Crippen LogP contribution is -2.37. The molecule has 0 radical (unpaired) electrons. The van der Waals surface area contributed by atoms with Crippen LogP contribution in [0.15, 0.2) is 35.4 Å². The molecule has 0 heterocycles. The second-order valence-electron chi connectivity index (χ2n) is 7.08. The number of amides is 3. The number of nitrogens with zero attached hydrogens (tertiary/aromatic N) is 1. The Hall–Kier alpha value is -3.88. The minimum atomic E-state index is -0.861. The largest absolute Gasteiger partial charge is 0.493 e. The van der Waals surface area contributed by atoms with E-state index in [-0.39, 0.29) is 12.5 Å². The van der Waals surface area contributed by atoms with E-state index < -0.39 is 11.8 Å². The molecular formula is C23H28N4O5. The molecule has 32 heavy (non-hydrogen) atoms. The van der Waals surface area contributed by atoms with Crippen LogP contribution in [0, 0.1) is 20.8 Å². The third kappa shape index (κ3) is 6.83. The number of rotatable bonds is 8. The smallest absolute Gasteiger partial charge is 0.329 e. The van der Waals surface area contributed by atoms with Crippen LogP contribution in [-0.4, -0.2) is 44.2 Å². The number of carbonyl (C=O) groups excluding carboxylic acids is 3. The van der Waals surface area contributed by atoms with Crippen LogP contribution in [0.25, 0.3) is 0 Å². The normalized spacial score (nSPS) is 10.5. The first-order valence-electron chi connectivity index (χ1n) is 10.0. The van der Waals surface area contributed by atoms with E-state index in [0.29, 0.717) is 23.6 Å². The number of hydrazone groups is 1. The lowest BCUT2D eigenvalue weighted by atomic mass is 10.1. The Labute approximate surface area is 187 Å². The Bertz CT molecular complexity index is 1010. The molecule has 0 spiro atoms. The third-order valence-electron chi connectivity index (χ3n) is 4.41. The fraction of sp³-hybridized carbons (Fsp3) is 0.304. The van der Waals surface area contributed by atoms with E-state index >= 15 is 0 Å². The zero-order valence-electron chi connectivity index (χ0n) is 18.9. The summed E-state index contributed by atoms with van der Waals surface area (Å²) in [7, 11) is 1.47. The van der Waals surface area contributed by atoms with Crippen molar-refractivity contribution in [1.29, 1.82) is 0 Å². The Morgan fingerprint density at radius 3 is 2.31 bits per heavy atom. The summed E-state index contributed by atoms with van der Waals surface area (Å²) < 4.78 is 10.9. The molecule has 0 fully saturated rings. The van der Waals surface area contributed by atoms with E-state index in [2.05, 4.69) is 21.2 Å². The zero-order valence-corrected chi connectivity index (χ0v) is 18.9. The summed E-state index contributed by atoms with van der Waals surface area (Å²) in [4.78, 5) is 35.3. The van der Waals surface area contributed by atoms with Crippen molar-refractivity contribution in [2.45, 2.75) is 27.7 Å². The molecule has 0 aromatic heterocycles. The van der Waals surface area contributed by atoms with Crippen LogP contribution < -0.4 is 25.5 Å². The number of anilines is 1. The number of methoxy groups -OCH3 is 1. The maximum Gasteiger partial charge on any atom is 0.329 e.